The first-order chi connectivity index (χ1) is 11.2. The Hall–Kier alpha value is -2.36. The predicted molar refractivity (Wildman–Crippen MR) is 78.6 cm³/mol. The van der Waals surface area contributed by atoms with Crippen molar-refractivity contribution in [3.8, 4) is 0 Å². The molecular formula is C14H22N2O8. The second kappa shape index (κ2) is 9.06. The van der Waals surface area contributed by atoms with Crippen LogP contribution in [0.4, 0.5) is 9.59 Å². The Balaban J connectivity index is 2.02. The lowest BCUT2D eigenvalue weighted by Crippen LogP contribution is -2.34. The maximum Gasteiger partial charge on any atom is 0.534 e. The van der Waals surface area contributed by atoms with Crippen LogP contribution in [-0.4, -0.2) is 61.1 Å². The number of carbonyl (C=O) groups is 4. The number of nitrogens with zero attached hydrogens (tertiary/aromatic N) is 1. The molecule has 0 radical (unpaired) electrons. The van der Waals surface area contributed by atoms with E-state index in [2.05, 4.69) is 14.9 Å². The van der Waals surface area contributed by atoms with Crippen LogP contribution in [-0.2, 0) is 28.6 Å². The van der Waals surface area contributed by atoms with Gasteiger partial charge in [0, 0.05) is 19.4 Å². The number of nitrogens with one attached hydrogen (secondary N) is 1. The standard InChI is InChI=1S/C14H22N2O8/c1-14(2,3)23-12(19)15-6-7-21-8-9-22-13(20)24-16-10(17)4-5-11(16)18/h4-9H2,1-3H3,(H,15,19). The molecule has 0 unspecified atom stereocenters. The number of hydroxylamine groups is 2. The van der Waals surface area contributed by atoms with Crippen LogP contribution in [0.5, 0.6) is 0 Å². The molecule has 0 spiro atoms. The number of ether oxygens (including phenoxy) is 3. The molecule has 0 aliphatic carbocycles. The SMILES string of the molecule is CC(C)(C)OC(=O)NCCOCCOC(=O)ON1C(=O)CCC1=O. The number of hydrogen-bond acceptors (Lipinski definition) is 8. The summed E-state index contributed by atoms with van der Waals surface area (Å²) in [4.78, 5) is 49.5. The number of carbonyl (C=O) groups excluding carboxylic acids is 4. The van der Waals surface area contributed by atoms with Crippen molar-refractivity contribution in [2.75, 3.05) is 26.4 Å². The Morgan fingerprint density at radius 2 is 1.71 bits per heavy atom. The molecule has 0 atom stereocenters. The van der Waals surface area contributed by atoms with Crippen LogP contribution >= 0.6 is 0 Å². The second-order valence-electron chi connectivity index (χ2n) is 5.81. The molecule has 3 amide bonds. The lowest BCUT2D eigenvalue weighted by atomic mass is 10.2. The molecule has 0 saturated carbocycles. The fourth-order valence-electron chi connectivity index (χ4n) is 1.58. The summed E-state index contributed by atoms with van der Waals surface area (Å²) in [7, 11) is 0. The molecule has 0 aromatic rings. The van der Waals surface area contributed by atoms with E-state index in [-0.39, 0.29) is 39.2 Å². The van der Waals surface area contributed by atoms with Gasteiger partial charge >= 0.3 is 12.2 Å². The molecule has 1 rings (SSSR count). The van der Waals surface area contributed by atoms with Crippen molar-refractivity contribution in [3.63, 3.8) is 0 Å². The lowest BCUT2D eigenvalue weighted by Gasteiger charge is -2.19. The van der Waals surface area contributed by atoms with Gasteiger partial charge in [0.15, 0.2) is 0 Å². The Morgan fingerprint density at radius 3 is 2.29 bits per heavy atom. The Labute approximate surface area is 139 Å². The molecule has 24 heavy (non-hydrogen) atoms. The molecular weight excluding hydrogens is 324 g/mol. The number of rotatable bonds is 7. The van der Waals surface area contributed by atoms with Crippen molar-refractivity contribution in [3.05, 3.63) is 0 Å². The first-order valence-electron chi connectivity index (χ1n) is 7.44. The summed E-state index contributed by atoms with van der Waals surface area (Å²) in [5, 5.41) is 2.89. The van der Waals surface area contributed by atoms with E-state index in [1.165, 1.54) is 0 Å². The minimum atomic E-state index is -1.16. The van der Waals surface area contributed by atoms with Gasteiger partial charge in [0.05, 0.1) is 13.2 Å². The average Bonchev–Trinajstić information content (AvgIpc) is 2.76. The Kier molecular flexibility index (Phi) is 7.43. The normalized spacial score (nSPS) is 14.5. The largest absolute Gasteiger partial charge is 0.534 e. The van der Waals surface area contributed by atoms with Crippen molar-refractivity contribution in [2.24, 2.45) is 0 Å². The predicted octanol–water partition coefficient (Wildman–Crippen LogP) is 0.745. The Bertz CT molecular complexity index is 470. The van der Waals surface area contributed by atoms with Crippen molar-refractivity contribution >= 4 is 24.1 Å². The zero-order valence-electron chi connectivity index (χ0n) is 14.0. The van der Waals surface area contributed by atoms with Crippen molar-refractivity contribution in [1.82, 2.24) is 10.4 Å². The minimum absolute atomic E-state index is 0.0138. The van der Waals surface area contributed by atoms with Gasteiger partial charge in [0.25, 0.3) is 11.8 Å². The molecule has 1 heterocycles. The number of amides is 3. The molecule has 1 aliphatic rings. The van der Waals surface area contributed by atoms with E-state index in [0.29, 0.717) is 5.06 Å². The Morgan fingerprint density at radius 1 is 1.08 bits per heavy atom. The fraction of sp³-hybridized carbons (Fsp3) is 0.714. The van der Waals surface area contributed by atoms with E-state index in [1.807, 2.05) is 0 Å². The third-order valence-electron chi connectivity index (χ3n) is 2.53. The summed E-state index contributed by atoms with van der Waals surface area (Å²) in [5.41, 5.74) is -0.572. The zero-order chi connectivity index (χ0) is 18.2. The first kappa shape index (κ1) is 19.7. The summed E-state index contributed by atoms with van der Waals surface area (Å²) < 4.78 is 14.8. The highest BCUT2D eigenvalue weighted by atomic mass is 16.8. The summed E-state index contributed by atoms with van der Waals surface area (Å²) in [6.07, 6.45) is -1.68. The highest BCUT2D eigenvalue weighted by molar-refractivity contribution is 6.01. The van der Waals surface area contributed by atoms with Crippen LogP contribution in [0.3, 0.4) is 0 Å². The summed E-state index contributed by atoms with van der Waals surface area (Å²) in [5.74, 6) is -1.16. The maximum atomic E-state index is 11.3. The van der Waals surface area contributed by atoms with Gasteiger partial charge in [0.2, 0.25) is 0 Å². The highest BCUT2D eigenvalue weighted by Gasteiger charge is 2.33. The second-order valence-corrected chi connectivity index (χ2v) is 5.81. The van der Waals surface area contributed by atoms with Gasteiger partial charge in [-0.1, -0.05) is 5.06 Å². The lowest BCUT2D eigenvalue weighted by molar-refractivity contribution is -0.177. The van der Waals surface area contributed by atoms with Gasteiger partial charge in [0.1, 0.15) is 12.2 Å². The highest BCUT2D eigenvalue weighted by Crippen LogP contribution is 2.12. The van der Waals surface area contributed by atoms with Crippen LogP contribution in [0, 0.1) is 0 Å². The number of hydrogen-bond donors (Lipinski definition) is 1. The molecule has 1 saturated heterocycles. The van der Waals surface area contributed by atoms with E-state index in [1.54, 1.807) is 20.8 Å². The molecule has 136 valence electrons. The van der Waals surface area contributed by atoms with Gasteiger partial charge in [-0.05, 0) is 20.8 Å². The smallest absolute Gasteiger partial charge is 0.444 e. The minimum Gasteiger partial charge on any atom is -0.444 e. The molecule has 1 fully saturated rings. The monoisotopic (exact) mass is 346 g/mol. The first-order valence-corrected chi connectivity index (χ1v) is 7.44. The summed E-state index contributed by atoms with van der Waals surface area (Å²) in [6.45, 7) is 5.62. The van der Waals surface area contributed by atoms with E-state index in [9.17, 15) is 19.2 Å². The van der Waals surface area contributed by atoms with Gasteiger partial charge in [-0.25, -0.2) is 9.59 Å². The molecule has 0 bridgehead atoms. The maximum absolute atomic E-state index is 11.3. The fourth-order valence-corrected chi connectivity index (χ4v) is 1.58. The van der Waals surface area contributed by atoms with Crippen LogP contribution in [0.15, 0.2) is 0 Å². The van der Waals surface area contributed by atoms with E-state index in [4.69, 9.17) is 9.47 Å². The molecule has 10 heteroatoms. The molecule has 0 aromatic carbocycles. The number of alkyl carbamates (subject to hydrolysis) is 1. The van der Waals surface area contributed by atoms with Crippen molar-refractivity contribution in [1.29, 1.82) is 0 Å². The third-order valence-corrected chi connectivity index (χ3v) is 2.53. The summed E-state index contributed by atoms with van der Waals surface area (Å²) >= 11 is 0. The van der Waals surface area contributed by atoms with Gasteiger partial charge in [-0.2, -0.15) is 0 Å². The van der Waals surface area contributed by atoms with Crippen LogP contribution in [0.2, 0.25) is 0 Å². The third kappa shape index (κ3) is 7.77. The zero-order valence-corrected chi connectivity index (χ0v) is 14.0. The molecule has 1 aliphatic heterocycles. The van der Waals surface area contributed by atoms with Crippen molar-refractivity contribution in [2.45, 2.75) is 39.2 Å². The molecule has 0 aromatic heterocycles. The van der Waals surface area contributed by atoms with E-state index < -0.39 is 29.7 Å². The van der Waals surface area contributed by atoms with Crippen LogP contribution < -0.4 is 5.32 Å². The van der Waals surface area contributed by atoms with Gasteiger partial charge in [-0.3, -0.25) is 14.4 Å². The van der Waals surface area contributed by atoms with Crippen LogP contribution in [0.25, 0.3) is 0 Å². The van der Waals surface area contributed by atoms with Gasteiger partial charge in [-0.15, -0.1) is 0 Å². The molecule has 10 nitrogen and oxygen atoms in total. The average molecular weight is 346 g/mol. The van der Waals surface area contributed by atoms with E-state index in [0.717, 1.165) is 0 Å². The van der Waals surface area contributed by atoms with Crippen LogP contribution in [0.1, 0.15) is 33.6 Å². The topological polar surface area (TPSA) is 120 Å². The van der Waals surface area contributed by atoms with Gasteiger partial charge < -0.3 is 19.5 Å². The van der Waals surface area contributed by atoms with E-state index >= 15 is 0 Å². The molecule has 1 N–H and O–H groups in total. The number of imide groups is 1. The van der Waals surface area contributed by atoms with Crippen molar-refractivity contribution < 1.29 is 38.2 Å². The quantitative estimate of drug-likeness (QED) is 0.407. The summed E-state index contributed by atoms with van der Waals surface area (Å²) in [6, 6.07) is 0.